The highest BCUT2D eigenvalue weighted by Crippen LogP contribution is 2.60. The predicted molar refractivity (Wildman–Crippen MR) is 183 cm³/mol. The number of hydrogen-bond acceptors (Lipinski definition) is 6. The maximum Gasteiger partial charge on any atom is 0.264 e. The molecule has 3 heterocycles. The maximum atomic E-state index is 14.3. The molecule has 0 unspecified atom stereocenters. The summed E-state index contributed by atoms with van der Waals surface area (Å²) in [5.41, 5.74) is 2.35. The van der Waals surface area contributed by atoms with Gasteiger partial charge in [-0.1, -0.05) is 61.5 Å². The number of hydrogen-bond donors (Lipinski definition) is 2. The van der Waals surface area contributed by atoms with Crippen LogP contribution in [-0.4, -0.2) is 67.1 Å². The minimum atomic E-state index is -3.02. The number of anilines is 3. The fourth-order valence-corrected chi connectivity index (χ4v) is 10.8. The molecule has 0 saturated carbocycles. The first kappa shape index (κ1) is 31.3. The molecule has 2 N–H and O–H groups in total. The van der Waals surface area contributed by atoms with E-state index in [0.717, 1.165) is 22.0 Å². The van der Waals surface area contributed by atoms with Gasteiger partial charge in [0.2, 0.25) is 5.91 Å². The van der Waals surface area contributed by atoms with E-state index in [4.69, 9.17) is 4.74 Å². The maximum absolute atomic E-state index is 14.3. The third kappa shape index (κ3) is 4.81. The van der Waals surface area contributed by atoms with Crippen molar-refractivity contribution in [1.29, 1.82) is 0 Å². The van der Waals surface area contributed by atoms with E-state index in [1.807, 2.05) is 105 Å². The molecule has 0 radical (unpaired) electrons. The van der Waals surface area contributed by atoms with E-state index in [0.29, 0.717) is 29.0 Å². The van der Waals surface area contributed by atoms with Gasteiger partial charge in [0.05, 0.1) is 36.1 Å². The molecule has 1 saturated heterocycles. The molecule has 4 atom stereocenters. The number of nitrogens with zero attached hydrogens (tertiary/aromatic N) is 3. The lowest BCUT2D eigenvalue weighted by Crippen LogP contribution is -2.45. The van der Waals surface area contributed by atoms with Crippen LogP contribution in [0.2, 0.25) is 18.6 Å². The first-order valence-corrected chi connectivity index (χ1v) is 19.1. The second-order valence-corrected chi connectivity index (χ2v) is 17.4. The highest BCUT2D eigenvalue weighted by molar-refractivity contribution is 6.71. The summed E-state index contributed by atoms with van der Waals surface area (Å²) in [6.45, 7) is 5.86. The third-order valence-corrected chi connectivity index (χ3v) is 12.7. The molecule has 4 aromatic carbocycles. The van der Waals surface area contributed by atoms with E-state index in [-0.39, 0.29) is 37.3 Å². The molecular weight excluding hydrogens is 611 g/mol. The van der Waals surface area contributed by atoms with Crippen molar-refractivity contribution in [2.45, 2.75) is 50.2 Å². The number of fused-ring (bicyclic) bond motifs is 2. The SMILES string of the molecule is C[C@@H]1[C@@H]([Si](C)(C)O)[C@H](CC(=O)N(CCO)Cc2ccccc2)O[C@@]12C(=O)N(C)c1ccc(N3C(=O)c4cccc5cccc3c45)cc12. The van der Waals surface area contributed by atoms with Crippen LogP contribution in [0.5, 0.6) is 0 Å². The highest BCUT2D eigenvalue weighted by Gasteiger charge is 2.66. The van der Waals surface area contributed by atoms with Gasteiger partial charge in [-0.2, -0.15) is 0 Å². The molecule has 1 fully saturated rings. The van der Waals surface area contributed by atoms with E-state index in [2.05, 4.69) is 0 Å². The van der Waals surface area contributed by atoms with Crippen LogP contribution in [0.1, 0.15) is 34.8 Å². The average Bonchev–Trinajstić information content (AvgIpc) is 3.59. The second kappa shape index (κ2) is 11.4. The molecule has 1 spiro atoms. The van der Waals surface area contributed by atoms with Crippen LogP contribution in [0.3, 0.4) is 0 Å². The molecule has 7 rings (SSSR count). The van der Waals surface area contributed by atoms with Gasteiger partial charge >= 0.3 is 0 Å². The van der Waals surface area contributed by atoms with Gasteiger partial charge in [0.15, 0.2) is 13.9 Å². The van der Waals surface area contributed by atoms with Crippen molar-refractivity contribution in [1.82, 2.24) is 4.90 Å². The fraction of sp³-hybridized carbons (Fsp3) is 0.324. The Bertz CT molecular complexity index is 1900. The van der Waals surface area contributed by atoms with Gasteiger partial charge in [0.1, 0.15) is 0 Å². The van der Waals surface area contributed by atoms with Crippen LogP contribution in [-0.2, 0) is 26.5 Å². The Hall–Kier alpha value is -4.35. The number of rotatable bonds is 8. The summed E-state index contributed by atoms with van der Waals surface area (Å²) in [5.74, 6) is -1.09. The number of benzene rings is 4. The minimum Gasteiger partial charge on any atom is -0.432 e. The van der Waals surface area contributed by atoms with Crippen LogP contribution >= 0.6 is 0 Å². The highest BCUT2D eigenvalue weighted by atomic mass is 28.4. The number of amides is 3. The summed E-state index contributed by atoms with van der Waals surface area (Å²) in [4.78, 5) is 58.5. The number of carbonyl (C=O) groups excluding carboxylic acids is 3. The lowest BCUT2D eigenvalue weighted by atomic mass is 9.82. The van der Waals surface area contributed by atoms with Crippen molar-refractivity contribution in [3.8, 4) is 0 Å². The number of carbonyl (C=O) groups is 3. The van der Waals surface area contributed by atoms with E-state index in [9.17, 15) is 24.3 Å². The molecule has 10 heteroatoms. The molecule has 242 valence electrons. The quantitative estimate of drug-likeness (QED) is 0.250. The van der Waals surface area contributed by atoms with E-state index in [1.165, 1.54) is 0 Å². The minimum absolute atomic E-state index is 0.0471. The Morgan fingerprint density at radius 1 is 0.979 bits per heavy atom. The fourth-order valence-electron chi connectivity index (χ4n) is 8.20. The summed E-state index contributed by atoms with van der Waals surface area (Å²) in [7, 11) is -1.31. The van der Waals surface area contributed by atoms with Crippen molar-refractivity contribution in [2.75, 3.05) is 30.0 Å². The molecule has 0 aliphatic carbocycles. The Labute approximate surface area is 275 Å². The molecule has 3 aliphatic heterocycles. The van der Waals surface area contributed by atoms with Gasteiger partial charge in [-0.25, -0.2) is 0 Å². The predicted octanol–water partition coefficient (Wildman–Crippen LogP) is 5.32. The third-order valence-electron chi connectivity index (χ3n) is 10.2. The van der Waals surface area contributed by atoms with Crippen molar-refractivity contribution in [3.05, 3.63) is 102 Å². The van der Waals surface area contributed by atoms with Gasteiger partial charge in [-0.05, 0) is 54.4 Å². The van der Waals surface area contributed by atoms with E-state index >= 15 is 0 Å². The van der Waals surface area contributed by atoms with Gasteiger partial charge < -0.3 is 24.4 Å². The van der Waals surface area contributed by atoms with Crippen molar-refractivity contribution in [3.63, 3.8) is 0 Å². The lowest BCUT2D eigenvalue weighted by molar-refractivity contribution is -0.149. The molecular formula is C37H39N3O6Si. The largest absolute Gasteiger partial charge is 0.432 e. The van der Waals surface area contributed by atoms with Crippen LogP contribution in [0.15, 0.2) is 84.9 Å². The number of aliphatic hydroxyl groups is 1. The van der Waals surface area contributed by atoms with Crippen LogP contribution in [0.4, 0.5) is 17.1 Å². The summed E-state index contributed by atoms with van der Waals surface area (Å²) < 4.78 is 6.85. The standard InChI is InChI=1S/C37H39N3O6Si/c1-23-34(47(3,4)45)31(21-32(42)39(18-19-41)22-24-10-6-5-7-11-24)46-37(23)28-20-26(16-17-29(28)38(2)36(37)44)40-30-15-9-13-25-12-8-14-27(33(25)30)35(40)43/h5-17,20,23,31,34,41,45H,18-19,21-22H2,1-4H3/t23-,31+,34-,37+/m1/s1. The van der Waals surface area contributed by atoms with Crippen molar-refractivity contribution in [2.24, 2.45) is 5.92 Å². The Morgan fingerprint density at radius 2 is 1.70 bits per heavy atom. The molecule has 47 heavy (non-hydrogen) atoms. The normalized spacial score (nSPS) is 23.3. The Morgan fingerprint density at radius 3 is 2.40 bits per heavy atom. The van der Waals surface area contributed by atoms with Crippen LogP contribution in [0.25, 0.3) is 10.8 Å². The zero-order chi connectivity index (χ0) is 33.2. The van der Waals surface area contributed by atoms with Crippen molar-refractivity contribution >= 4 is 53.9 Å². The first-order valence-electron chi connectivity index (χ1n) is 16.1. The molecule has 0 bridgehead atoms. The second-order valence-electron chi connectivity index (χ2n) is 13.5. The molecule has 9 nitrogen and oxygen atoms in total. The van der Waals surface area contributed by atoms with Crippen molar-refractivity contribution < 1.29 is 29.0 Å². The van der Waals surface area contributed by atoms with Crippen LogP contribution in [0, 0.1) is 5.92 Å². The summed E-state index contributed by atoms with van der Waals surface area (Å²) in [6, 6.07) is 26.7. The Balaban J connectivity index is 1.27. The lowest BCUT2D eigenvalue weighted by Gasteiger charge is -2.32. The summed E-state index contributed by atoms with van der Waals surface area (Å²) >= 11 is 0. The van der Waals surface area contributed by atoms with Gasteiger partial charge in [0.25, 0.3) is 11.8 Å². The van der Waals surface area contributed by atoms with E-state index < -0.39 is 31.5 Å². The summed E-state index contributed by atoms with van der Waals surface area (Å²) in [6.07, 6.45) is -0.784. The first-order chi connectivity index (χ1) is 22.5. The van der Waals surface area contributed by atoms with Gasteiger partial charge in [0, 0.05) is 48.2 Å². The molecule has 4 aromatic rings. The smallest absolute Gasteiger partial charge is 0.264 e. The summed E-state index contributed by atoms with van der Waals surface area (Å²) in [5, 5.41) is 11.7. The van der Waals surface area contributed by atoms with Gasteiger partial charge in [-0.15, -0.1) is 0 Å². The zero-order valence-electron chi connectivity index (χ0n) is 27.0. The Kier molecular flexibility index (Phi) is 7.59. The zero-order valence-corrected chi connectivity index (χ0v) is 28.0. The van der Waals surface area contributed by atoms with E-state index in [1.54, 1.807) is 21.7 Å². The average molecular weight is 650 g/mol. The topological polar surface area (TPSA) is 111 Å². The monoisotopic (exact) mass is 649 g/mol. The molecule has 3 aliphatic rings. The van der Waals surface area contributed by atoms with Gasteiger partial charge in [-0.3, -0.25) is 19.3 Å². The van der Waals surface area contributed by atoms with Crippen LogP contribution < -0.4 is 9.80 Å². The molecule has 0 aromatic heterocycles. The number of likely N-dealkylation sites (N-methyl/N-ethyl adjacent to an activating group) is 1. The molecule has 3 amide bonds. The number of aliphatic hydroxyl groups excluding tert-OH is 1. The number of ether oxygens (including phenoxy) is 1.